The van der Waals surface area contributed by atoms with Crippen molar-refractivity contribution >= 4 is 17.1 Å². The van der Waals surface area contributed by atoms with Crippen LogP contribution in [0.15, 0.2) is 27.9 Å². The van der Waals surface area contributed by atoms with E-state index in [9.17, 15) is 14.9 Å². The van der Waals surface area contributed by atoms with Gasteiger partial charge in [0.25, 0.3) is 5.56 Å². The van der Waals surface area contributed by atoms with Gasteiger partial charge in [-0.05, 0) is 38.8 Å². The van der Waals surface area contributed by atoms with Gasteiger partial charge in [-0.1, -0.05) is 5.92 Å². The maximum atomic E-state index is 13.7. The fraction of sp³-hybridized carbons (Fsp3) is 0.435. The number of nitrogens with two attached hydrogens (primary N) is 1. The van der Waals surface area contributed by atoms with Crippen LogP contribution in [0.1, 0.15) is 44.0 Å². The molecule has 3 aromatic rings. The lowest BCUT2D eigenvalue weighted by Gasteiger charge is -2.31. The van der Waals surface area contributed by atoms with Crippen molar-refractivity contribution in [2.24, 2.45) is 12.8 Å². The number of pyridine rings is 1. The maximum absolute atomic E-state index is 13.7. The Balaban J connectivity index is 1.99. The fourth-order valence-corrected chi connectivity index (χ4v) is 4.38. The van der Waals surface area contributed by atoms with Crippen LogP contribution in [0.2, 0.25) is 0 Å². The Bertz CT molecular complexity index is 1430. The van der Waals surface area contributed by atoms with E-state index in [4.69, 9.17) is 10.7 Å². The fourth-order valence-electron chi connectivity index (χ4n) is 4.38. The first-order valence-electron chi connectivity index (χ1n) is 10.9. The normalized spacial score (nSPS) is 16.8. The molecule has 3 aromatic heterocycles. The first kappa shape index (κ1) is 22.3. The van der Waals surface area contributed by atoms with E-state index in [1.807, 2.05) is 0 Å². The molecule has 0 aromatic carbocycles. The molecule has 2 atom stereocenters. The number of fused-ring (bicyclic) bond motifs is 1. The predicted molar refractivity (Wildman–Crippen MR) is 125 cm³/mol. The summed E-state index contributed by atoms with van der Waals surface area (Å²) in [4.78, 5) is 38.1. The van der Waals surface area contributed by atoms with Crippen molar-refractivity contribution < 1.29 is 0 Å². The van der Waals surface area contributed by atoms with Gasteiger partial charge in [-0.25, -0.2) is 9.36 Å². The quantitative estimate of drug-likeness (QED) is 0.585. The van der Waals surface area contributed by atoms with E-state index in [2.05, 4.69) is 27.8 Å². The SMILES string of the molecule is CC#CCn1c(N2CCC[C@@H](N)C2)nc2c1c(=O)n(C(C)c1ncccc1C#N)c(=O)n2C. The summed E-state index contributed by atoms with van der Waals surface area (Å²) >= 11 is 0. The highest BCUT2D eigenvalue weighted by Gasteiger charge is 2.28. The first-order chi connectivity index (χ1) is 15.9. The Kier molecular flexibility index (Phi) is 6.03. The predicted octanol–water partition coefficient (Wildman–Crippen LogP) is 0.723. The van der Waals surface area contributed by atoms with Crippen molar-refractivity contribution in [1.29, 1.82) is 5.26 Å². The average molecular weight is 447 g/mol. The van der Waals surface area contributed by atoms with Gasteiger partial charge in [-0.2, -0.15) is 10.2 Å². The number of hydrogen-bond donors (Lipinski definition) is 1. The van der Waals surface area contributed by atoms with E-state index >= 15 is 0 Å². The molecule has 0 bridgehead atoms. The second-order valence-corrected chi connectivity index (χ2v) is 8.19. The lowest BCUT2D eigenvalue weighted by molar-refractivity contribution is 0.496. The van der Waals surface area contributed by atoms with E-state index in [-0.39, 0.29) is 18.1 Å². The molecule has 0 radical (unpaired) electrons. The highest BCUT2D eigenvalue weighted by molar-refractivity contribution is 5.75. The van der Waals surface area contributed by atoms with E-state index in [0.29, 0.717) is 29.4 Å². The Labute approximate surface area is 190 Å². The lowest BCUT2D eigenvalue weighted by atomic mass is 10.1. The zero-order valence-corrected chi connectivity index (χ0v) is 18.9. The van der Waals surface area contributed by atoms with Crippen LogP contribution >= 0.6 is 0 Å². The Hall–Kier alpha value is -3.89. The van der Waals surface area contributed by atoms with E-state index in [0.717, 1.165) is 24.0 Å². The number of aryl methyl sites for hydroxylation is 1. The summed E-state index contributed by atoms with van der Waals surface area (Å²) in [7, 11) is 1.59. The largest absolute Gasteiger partial charge is 0.341 e. The van der Waals surface area contributed by atoms with Crippen LogP contribution in [0.4, 0.5) is 5.95 Å². The summed E-state index contributed by atoms with van der Waals surface area (Å²) in [5.41, 5.74) is 6.42. The van der Waals surface area contributed by atoms with Gasteiger partial charge in [0.05, 0.1) is 23.8 Å². The molecule has 10 nitrogen and oxygen atoms in total. The minimum absolute atomic E-state index is 0.0123. The van der Waals surface area contributed by atoms with Crippen LogP contribution < -0.4 is 21.9 Å². The molecule has 1 saturated heterocycles. The second kappa shape index (κ2) is 8.93. The Morgan fingerprint density at radius 3 is 2.85 bits per heavy atom. The molecule has 0 aliphatic carbocycles. The molecule has 0 saturated carbocycles. The number of hydrogen-bond acceptors (Lipinski definition) is 7. The van der Waals surface area contributed by atoms with Crippen molar-refractivity contribution in [3.05, 3.63) is 50.4 Å². The molecule has 10 heteroatoms. The van der Waals surface area contributed by atoms with Gasteiger partial charge in [0.1, 0.15) is 6.07 Å². The number of rotatable bonds is 4. The van der Waals surface area contributed by atoms with Crippen LogP contribution in [-0.2, 0) is 13.6 Å². The zero-order valence-electron chi connectivity index (χ0n) is 18.9. The molecule has 1 unspecified atom stereocenters. The van der Waals surface area contributed by atoms with Crippen molar-refractivity contribution in [3.8, 4) is 17.9 Å². The van der Waals surface area contributed by atoms with Crippen LogP contribution in [0, 0.1) is 23.2 Å². The van der Waals surface area contributed by atoms with Crippen LogP contribution in [0.5, 0.6) is 0 Å². The van der Waals surface area contributed by atoms with Crippen molar-refractivity contribution in [1.82, 2.24) is 23.7 Å². The summed E-state index contributed by atoms with van der Waals surface area (Å²) in [6.07, 6.45) is 3.39. The number of nitrogens with zero attached hydrogens (tertiary/aromatic N) is 7. The monoisotopic (exact) mass is 446 g/mol. The van der Waals surface area contributed by atoms with Crippen LogP contribution in [0.3, 0.4) is 0 Å². The molecule has 4 rings (SSSR count). The summed E-state index contributed by atoms with van der Waals surface area (Å²) in [6.45, 7) is 5.05. The van der Waals surface area contributed by atoms with Crippen LogP contribution in [0.25, 0.3) is 11.2 Å². The van der Waals surface area contributed by atoms with Crippen molar-refractivity contribution in [3.63, 3.8) is 0 Å². The second-order valence-electron chi connectivity index (χ2n) is 8.19. The van der Waals surface area contributed by atoms with Gasteiger partial charge in [-0.3, -0.25) is 18.9 Å². The number of anilines is 1. The maximum Gasteiger partial charge on any atom is 0.333 e. The van der Waals surface area contributed by atoms with Gasteiger partial charge in [-0.15, -0.1) is 5.92 Å². The molecule has 2 N–H and O–H groups in total. The van der Waals surface area contributed by atoms with Gasteiger partial charge in [0.15, 0.2) is 11.2 Å². The summed E-state index contributed by atoms with van der Waals surface area (Å²) < 4.78 is 4.26. The van der Waals surface area contributed by atoms with E-state index in [1.54, 1.807) is 43.8 Å². The standard InChI is InChI=1S/C23H26N8O2/c1-4-5-12-30-19-20(27-22(30)29-11-7-9-17(25)14-29)28(3)23(33)31(21(19)32)15(2)18-16(13-24)8-6-10-26-18/h6,8,10,15,17H,7,9,11-12,14,25H2,1-3H3/t15?,17-/m1/s1. The molecule has 0 amide bonds. The molecule has 170 valence electrons. The van der Waals surface area contributed by atoms with E-state index < -0.39 is 17.3 Å². The molecule has 4 heterocycles. The third-order valence-electron chi connectivity index (χ3n) is 6.06. The minimum atomic E-state index is -0.746. The lowest BCUT2D eigenvalue weighted by Crippen LogP contribution is -2.44. The molecule has 1 fully saturated rings. The molecule has 0 spiro atoms. The first-order valence-corrected chi connectivity index (χ1v) is 10.9. The Morgan fingerprint density at radius 2 is 2.15 bits per heavy atom. The molecule has 33 heavy (non-hydrogen) atoms. The number of nitriles is 1. The van der Waals surface area contributed by atoms with Gasteiger partial charge in [0.2, 0.25) is 5.95 Å². The third-order valence-corrected chi connectivity index (χ3v) is 6.06. The van der Waals surface area contributed by atoms with Gasteiger partial charge in [0, 0.05) is 32.4 Å². The summed E-state index contributed by atoms with van der Waals surface area (Å²) in [5.74, 6) is 6.47. The highest BCUT2D eigenvalue weighted by Crippen LogP contribution is 2.24. The van der Waals surface area contributed by atoms with Crippen molar-refractivity contribution in [2.45, 2.75) is 45.3 Å². The number of aromatic nitrogens is 5. The molecule has 1 aliphatic rings. The molecular formula is C23H26N8O2. The average Bonchev–Trinajstić information content (AvgIpc) is 3.21. The number of imidazole rings is 1. The third kappa shape index (κ3) is 3.79. The van der Waals surface area contributed by atoms with Crippen LogP contribution in [-0.4, -0.2) is 42.8 Å². The van der Waals surface area contributed by atoms with Crippen molar-refractivity contribution in [2.75, 3.05) is 18.0 Å². The molecule has 1 aliphatic heterocycles. The Morgan fingerprint density at radius 1 is 1.36 bits per heavy atom. The highest BCUT2D eigenvalue weighted by atomic mass is 16.2. The van der Waals surface area contributed by atoms with Gasteiger partial charge < -0.3 is 10.6 Å². The summed E-state index contributed by atoms with van der Waals surface area (Å²) in [5, 5.41) is 9.48. The van der Waals surface area contributed by atoms with Gasteiger partial charge >= 0.3 is 5.69 Å². The smallest absolute Gasteiger partial charge is 0.333 e. The molecular weight excluding hydrogens is 420 g/mol. The van der Waals surface area contributed by atoms with E-state index in [1.165, 1.54) is 4.57 Å². The zero-order chi connectivity index (χ0) is 23.7. The number of piperidine rings is 1. The topological polar surface area (TPSA) is 128 Å². The minimum Gasteiger partial charge on any atom is -0.341 e. The summed E-state index contributed by atoms with van der Waals surface area (Å²) in [6, 6.07) is 4.61.